The number of carboxylic acid groups (broad SMARTS) is 2. The van der Waals surface area contributed by atoms with Gasteiger partial charge in [-0.15, -0.1) is 0 Å². The molecule has 0 aromatic heterocycles. The number of halogens is 4. The normalized spacial score (nSPS) is 11.1. The van der Waals surface area contributed by atoms with Gasteiger partial charge in [0.1, 0.15) is 11.5 Å². The number of hydrogen-bond acceptors (Lipinski definition) is 4. The topological polar surface area (TPSA) is 113 Å². The molecule has 0 atom stereocenters. The average Bonchev–Trinajstić information content (AvgIpc) is 2.78. The molecule has 0 aliphatic heterocycles. The van der Waals surface area contributed by atoms with Crippen LogP contribution in [-0.4, -0.2) is 28.1 Å². The van der Waals surface area contributed by atoms with E-state index in [0.717, 1.165) is 24.3 Å². The van der Waals surface area contributed by atoms with E-state index < -0.39 is 40.7 Å². The second kappa shape index (κ2) is 10.5. The van der Waals surface area contributed by atoms with E-state index in [0.29, 0.717) is 5.56 Å². The van der Waals surface area contributed by atoms with Crippen LogP contribution in [0.3, 0.4) is 0 Å². The summed E-state index contributed by atoms with van der Waals surface area (Å²) in [6.45, 7) is 0. The van der Waals surface area contributed by atoms with Crippen molar-refractivity contribution in [2.75, 3.05) is 5.32 Å². The molecular formula is C24H17ClF3NO6. The Morgan fingerprint density at radius 2 is 1.57 bits per heavy atom. The Morgan fingerprint density at radius 3 is 2.20 bits per heavy atom. The summed E-state index contributed by atoms with van der Waals surface area (Å²) in [5.74, 6) is -3.13. The van der Waals surface area contributed by atoms with E-state index in [1.54, 1.807) is 6.07 Å². The van der Waals surface area contributed by atoms with Gasteiger partial charge in [-0.2, -0.15) is 13.2 Å². The molecule has 3 N–H and O–H groups in total. The summed E-state index contributed by atoms with van der Waals surface area (Å²) in [7, 11) is 0. The molecule has 0 saturated heterocycles. The molecule has 3 aromatic rings. The third-order valence-corrected chi connectivity index (χ3v) is 5.16. The van der Waals surface area contributed by atoms with Crippen molar-refractivity contribution in [3.05, 3.63) is 87.9 Å². The Bertz CT molecular complexity index is 1290. The summed E-state index contributed by atoms with van der Waals surface area (Å²) in [6, 6.07) is 12.3. The number of benzene rings is 3. The Kier molecular flexibility index (Phi) is 7.65. The van der Waals surface area contributed by atoms with Crippen molar-refractivity contribution in [3.63, 3.8) is 0 Å². The first-order valence-electron chi connectivity index (χ1n) is 9.98. The highest BCUT2D eigenvalue weighted by Gasteiger charge is 2.30. The molecule has 0 saturated carbocycles. The quantitative estimate of drug-likeness (QED) is 0.338. The average molecular weight is 508 g/mol. The number of anilines is 1. The lowest BCUT2D eigenvalue weighted by Gasteiger charge is -2.12. The molecule has 3 aromatic carbocycles. The fraction of sp³-hybridized carbons (Fsp3) is 0.125. The van der Waals surface area contributed by atoms with Gasteiger partial charge in [-0.25, -0.2) is 9.59 Å². The highest BCUT2D eigenvalue weighted by atomic mass is 35.5. The predicted molar refractivity (Wildman–Crippen MR) is 120 cm³/mol. The van der Waals surface area contributed by atoms with Gasteiger partial charge in [-0.1, -0.05) is 23.7 Å². The van der Waals surface area contributed by atoms with Crippen LogP contribution in [0.4, 0.5) is 18.9 Å². The molecule has 1 amide bonds. The lowest BCUT2D eigenvalue weighted by atomic mass is 10.1. The molecule has 182 valence electrons. The van der Waals surface area contributed by atoms with E-state index >= 15 is 0 Å². The van der Waals surface area contributed by atoms with Crippen molar-refractivity contribution in [1.82, 2.24) is 0 Å². The van der Waals surface area contributed by atoms with Crippen molar-refractivity contribution in [3.8, 4) is 11.5 Å². The first-order valence-corrected chi connectivity index (χ1v) is 10.4. The number of ether oxygens (including phenoxy) is 1. The molecule has 0 spiro atoms. The number of aromatic carboxylic acids is 2. The largest absolute Gasteiger partial charge is 0.478 e. The summed E-state index contributed by atoms with van der Waals surface area (Å²) < 4.78 is 44.0. The highest BCUT2D eigenvalue weighted by molar-refractivity contribution is 6.31. The number of nitrogens with one attached hydrogen (secondary N) is 1. The number of rotatable bonds is 8. The van der Waals surface area contributed by atoms with Crippen LogP contribution in [0.1, 0.15) is 38.3 Å². The van der Waals surface area contributed by atoms with Crippen molar-refractivity contribution < 1.29 is 42.5 Å². The van der Waals surface area contributed by atoms with Crippen LogP contribution in [0, 0.1) is 0 Å². The summed E-state index contributed by atoms with van der Waals surface area (Å²) in [6.07, 6.45) is -4.33. The molecule has 0 radical (unpaired) electrons. The molecule has 0 heterocycles. The number of carbonyl (C=O) groups is 3. The minimum Gasteiger partial charge on any atom is -0.478 e. The molecule has 11 heteroatoms. The maximum atomic E-state index is 12.9. The minimum absolute atomic E-state index is 0.0160. The molecule has 0 aliphatic rings. The number of carboxylic acids is 2. The number of amides is 1. The van der Waals surface area contributed by atoms with Crippen molar-refractivity contribution in [1.29, 1.82) is 0 Å². The Balaban J connectivity index is 1.63. The van der Waals surface area contributed by atoms with E-state index in [9.17, 15) is 27.6 Å². The molecule has 7 nitrogen and oxygen atoms in total. The zero-order valence-electron chi connectivity index (χ0n) is 17.7. The zero-order chi connectivity index (χ0) is 25.8. The maximum absolute atomic E-state index is 12.9. The summed E-state index contributed by atoms with van der Waals surface area (Å²) in [5, 5.41) is 21.0. The van der Waals surface area contributed by atoms with Crippen LogP contribution >= 0.6 is 11.6 Å². The second-order valence-electron chi connectivity index (χ2n) is 7.30. The SMILES string of the molecule is O=C(CCc1ccc(Oc2cccc(C(F)(F)F)c2)cc1Cl)Nc1ccc(C(=O)O)c(C(=O)O)c1. The standard InChI is InChI=1S/C24H17ClF3NO6/c25-20-12-17(35-16-3-1-2-14(10-16)24(26,27)28)7-4-13(20)5-9-21(30)29-15-6-8-18(22(31)32)19(11-15)23(33)34/h1-4,6-8,10-12H,5,9H2,(H,29,30)(H,31,32)(H,33,34). The van der Waals surface area contributed by atoms with Crippen molar-refractivity contribution >= 4 is 35.1 Å². The van der Waals surface area contributed by atoms with Gasteiger partial charge in [-0.05, 0) is 60.5 Å². The van der Waals surface area contributed by atoms with Gasteiger partial charge in [0.15, 0.2) is 0 Å². The summed E-state index contributed by atoms with van der Waals surface area (Å²) in [4.78, 5) is 34.7. The lowest BCUT2D eigenvalue weighted by molar-refractivity contribution is -0.137. The molecule has 0 aliphatic carbocycles. The van der Waals surface area contributed by atoms with Crippen LogP contribution in [0.25, 0.3) is 0 Å². The molecule has 0 unspecified atom stereocenters. The Hall–Kier alpha value is -4.05. The monoisotopic (exact) mass is 507 g/mol. The van der Waals surface area contributed by atoms with E-state index in [4.69, 9.17) is 26.6 Å². The fourth-order valence-electron chi connectivity index (χ4n) is 3.12. The van der Waals surface area contributed by atoms with Crippen LogP contribution < -0.4 is 10.1 Å². The van der Waals surface area contributed by atoms with E-state index in [-0.39, 0.29) is 35.1 Å². The Morgan fingerprint density at radius 1 is 0.886 bits per heavy atom. The number of alkyl halides is 3. The second-order valence-corrected chi connectivity index (χ2v) is 7.71. The number of hydrogen-bond donors (Lipinski definition) is 3. The van der Waals surface area contributed by atoms with Gasteiger partial charge < -0.3 is 20.3 Å². The zero-order valence-corrected chi connectivity index (χ0v) is 18.5. The maximum Gasteiger partial charge on any atom is 0.416 e. The highest BCUT2D eigenvalue weighted by Crippen LogP contribution is 2.33. The van der Waals surface area contributed by atoms with Gasteiger partial charge in [0.25, 0.3) is 0 Å². The Labute approximate surface area is 201 Å². The number of aryl methyl sites for hydroxylation is 1. The van der Waals surface area contributed by atoms with Gasteiger partial charge in [0.2, 0.25) is 5.91 Å². The van der Waals surface area contributed by atoms with Gasteiger partial charge in [0.05, 0.1) is 16.7 Å². The number of carbonyl (C=O) groups excluding carboxylic acids is 1. The van der Waals surface area contributed by atoms with Crippen LogP contribution in [0.5, 0.6) is 11.5 Å². The smallest absolute Gasteiger partial charge is 0.416 e. The minimum atomic E-state index is -4.51. The van der Waals surface area contributed by atoms with Gasteiger partial charge >= 0.3 is 18.1 Å². The van der Waals surface area contributed by atoms with E-state index in [2.05, 4.69) is 5.32 Å². The van der Waals surface area contributed by atoms with Crippen LogP contribution in [-0.2, 0) is 17.4 Å². The summed E-state index contributed by atoms with van der Waals surface area (Å²) >= 11 is 6.23. The fourth-order valence-corrected chi connectivity index (χ4v) is 3.39. The molecular weight excluding hydrogens is 491 g/mol. The van der Waals surface area contributed by atoms with Crippen molar-refractivity contribution in [2.24, 2.45) is 0 Å². The molecule has 3 rings (SSSR count). The lowest BCUT2D eigenvalue weighted by Crippen LogP contribution is -2.14. The third-order valence-electron chi connectivity index (χ3n) is 4.81. The molecule has 0 bridgehead atoms. The summed E-state index contributed by atoms with van der Waals surface area (Å²) in [5.41, 5.74) is -1.03. The third kappa shape index (κ3) is 6.73. The van der Waals surface area contributed by atoms with E-state index in [1.807, 2.05) is 0 Å². The van der Waals surface area contributed by atoms with Crippen LogP contribution in [0.2, 0.25) is 5.02 Å². The molecule has 35 heavy (non-hydrogen) atoms. The van der Waals surface area contributed by atoms with Crippen LogP contribution in [0.15, 0.2) is 60.7 Å². The van der Waals surface area contributed by atoms with Gasteiger partial charge in [-0.3, -0.25) is 4.79 Å². The first-order chi connectivity index (χ1) is 16.4. The van der Waals surface area contributed by atoms with Gasteiger partial charge in [0, 0.05) is 17.1 Å². The van der Waals surface area contributed by atoms with E-state index in [1.165, 1.54) is 30.3 Å². The predicted octanol–water partition coefficient (Wildman–Crippen LogP) is 6.12. The first kappa shape index (κ1) is 25.6. The molecule has 0 fully saturated rings. The van der Waals surface area contributed by atoms with Crippen molar-refractivity contribution in [2.45, 2.75) is 19.0 Å².